The van der Waals surface area contributed by atoms with Gasteiger partial charge in [-0.25, -0.2) is 0 Å². The molecule has 0 radical (unpaired) electrons. The number of nitrogens with one attached hydrogen (secondary N) is 1. The number of allylic oxidation sites excluding steroid dienone is 3. The quantitative estimate of drug-likeness (QED) is 0.703. The average Bonchev–Trinajstić information content (AvgIpc) is 2.85. The number of amides is 2. The van der Waals surface area contributed by atoms with Crippen LogP contribution in [0.5, 0.6) is 0 Å². The van der Waals surface area contributed by atoms with Gasteiger partial charge in [0.15, 0.2) is 0 Å². The predicted octanol–water partition coefficient (Wildman–Crippen LogP) is 1.02. The van der Waals surface area contributed by atoms with Crippen molar-refractivity contribution in [3.8, 4) is 0 Å². The van der Waals surface area contributed by atoms with Gasteiger partial charge in [-0.1, -0.05) is 0 Å². The number of nitrogens with zero attached hydrogens (tertiary/aromatic N) is 2. The van der Waals surface area contributed by atoms with E-state index in [1.54, 1.807) is 6.08 Å². The van der Waals surface area contributed by atoms with Gasteiger partial charge in [-0.3, -0.25) is 19.9 Å². The smallest absolute Gasteiger partial charge is 0.290 e. The van der Waals surface area contributed by atoms with Crippen molar-refractivity contribution >= 4 is 28.7 Å². The van der Waals surface area contributed by atoms with Crippen LogP contribution in [-0.2, 0) is 4.79 Å². The molecule has 0 spiro atoms. The molecule has 3 aliphatic rings. The monoisotopic (exact) mass is 247 g/mol. The van der Waals surface area contributed by atoms with Crippen LogP contribution in [0.3, 0.4) is 0 Å². The number of carbonyl (C=O) groups is 2. The lowest BCUT2D eigenvalue weighted by Gasteiger charge is -2.17. The second kappa shape index (κ2) is 3.89. The van der Waals surface area contributed by atoms with E-state index in [0.29, 0.717) is 4.91 Å². The van der Waals surface area contributed by atoms with Gasteiger partial charge in [-0.15, -0.1) is 0 Å². The topological polar surface area (TPSA) is 61.8 Å². The molecule has 6 heteroatoms. The Labute approximate surface area is 102 Å². The van der Waals surface area contributed by atoms with Gasteiger partial charge in [0, 0.05) is 12.7 Å². The average molecular weight is 247 g/mol. The zero-order valence-corrected chi connectivity index (χ0v) is 9.66. The SMILES string of the molecule is O=C1NC(=O)/C(=C/C2=CN3CCN=C3C=C2)S1. The zero-order valence-electron chi connectivity index (χ0n) is 8.84. The Balaban J connectivity index is 1.85. The molecule has 0 aromatic carbocycles. The Morgan fingerprint density at radius 3 is 3.06 bits per heavy atom. The minimum Gasteiger partial charge on any atom is -0.331 e. The van der Waals surface area contributed by atoms with Crippen molar-refractivity contribution in [1.82, 2.24) is 10.2 Å². The summed E-state index contributed by atoms with van der Waals surface area (Å²) in [5.41, 5.74) is 0.901. The number of aliphatic imine (C=N–C) groups is 1. The summed E-state index contributed by atoms with van der Waals surface area (Å²) < 4.78 is 0. The number of thioether (sulfide) groups is 1. The number of fused-ring (bicyclic) bond motifs is 1. The van der Waals surface area contributed by atoms with E-state index in [-0.39, 0.29) is 11.1 Å². The number of imide groups is 1. The highest BCUT2D eigenvalue weighted by molar-refractivity contribution is 8.18. The fraction of sp³-hybridized carbons (Fsp3) is 0.182. The third-order valence-electron chi connectivity index (χ3n) is 2.58. The summed E-state index contributed by atoms with van der Waals surface area (Å²) >= 11 is 0.931. The molecule has 0 bridgehead atoms. The number of rotatable bonds is 1. The van der Waals surface area contributed by atoms with E-state index in [1.165, 1.54) is 0 Å². The molecule has 3 aliphatic heterocycles. The first-order valence-electron chi connectivity index (χ1n) is 5.18. The molecule has 0 atom stereocenters. The minimum atomic E-state index is -0.324. The first-order chi connectivity index (χ1) is 8.22. The Morgan fingerprint density at radius 1 is 1.41 bits per heavy atom. The maximum atomic E-state index is 11.4. The second-order valence-corrected chi connectivity index (χ2v) is 4.76. The molecule has 1 N–H and O–H groups in total. The molecule has 3 rings (SSSR count). The third kappa shape index (κ3) is 1.91. The molecule has 0 saturated carbocycles. The summed E-state index contributed by atoms with van der Waals surface area (Å²) in [6.45, 7) is 1.67. The van der Waals surface area contributed by atoms with Gasteiger partial charge in [-0.05, 0) is 35.6 Å². The molecule has 0 aromatic rings. The van der Waals surface area contributed by atoms with Crippen LogP contribution in [-0.4, -0.2) is 35.0 Å². The van der Waals surface area contributed by atoms with Crippen molar-refractivity contribution in [3.05, 3.63) is 34.9 Å². The summed E-state index contributed by atoms with van der Waals surface area (Å²) in [6.07, 6.45) is 7.47. The van der Waals surface area contributed by atoms with Crippen LogP contribution in [0.4, 0.5) is 4.79 Å². The van der Waals surface area contributed by atoms with Crippen LogP contribution >= 0.6 is 11.8 Å². The second-order valence-electron chi connectivity index (χ2n) is 3.75. The van der Waals surface area contributed by atoms with Crippen LogP contribution in [0.1, 0.15) is 0 Å². The fourth-order valence-electron chi connectivity index (χ4n) is 1.81. The van der Waals surface area contributed by atoms with Crippen LogP contribution < -0.4 is 5.32 Å². The van der Waals surface area contributed by atoms with Crippen LogP contribution in [0, 0.1) is 0 Å². The highest BCUT2D eigenvalue weighted by Gasteiger charge is 2.25. The number of hydrogen-bond acceptors (Lipinski definition) is 5. The van der Waals surface area contributed by atoms with E-state index in [9.17, 15) is 9.59 Å². The van der Waals surface area contributed by atoms with Crippen molar-refractivity contribution in [2.24, 2.45) is 4.99 Å². The molecular formula is C11H9N3O2S. The van der Waals surface area contributed by atoms with Crippen molar-refractivity contribution < 1.29 is 9.59 Å². The predicted molar refractivity (Wildman–Crippen MR) is 65.4 cm³/mol. The first-order valence-corrected chi connectivity index (χ1v) is 6.00. The third-order valence-corrected chi connectivity index (χ3v) is 3.39. The maximum Gasteiger partial charge on any atom is 0.290 e. The van der Waals surface area contributed by atoms with Gasteiger partial charge < -0.3 is 4.90 Å². The molecule has 5 nitrogen and oxygen atoms in total. The Morgan fingerprint density at radius 2 is 2.29 bits per heavy atom. The highest BCUT2D eigenvalue weighted by atomic mass is 32.2. The minimum absolute atomic E-state index is 0.315. The van der Waals surface area contributed by atoms with E-state index in [0.717, 1.165) is 36.3 Å². The van der Waals surface area contributed by atoms with Gasteiger partial charge in [-0.2, -0.15) is 0 Å². The van der Waals surface area contributed by atoms with E-state index >= 15 is 0 Å². The molecule has 86 valence electrons. The molecular weight excluding hydrogens is 238 g/mol. The van der Waals surface area contributed by atoms with E-state index in [2.05, 4.69) is 10.3 Å². The van der Waals surface area contributed by atoms with Crippen LogP contribution in [0.25, 0.3) is 0 Å². The van der Waals surface area contributed by atoms with Crippen molar-refractivity contribution in [3.63, 3.8) is 0 Å². The van der Waals surface area contributed by atoms with Crippen molar-refractivity contribution in [2.75, 3.05) is 13.1 Å². The molecule has 2 amide bonds. The van der Waals surface area contributed by atoms with Gasteiger partial charge in [0.2, 0.25) is 0 Å². The van der Waals surface area contributed by atoms with E-state index < -0.39 is 0 Å². The standard InChI is InChI=1S/C11H9N3O2S/c15-10-8(17-11(16)13-10)5-7-1-2-9-12-3-4-14(9)6-7/h1-2,5-6H,3-4H2,(H,13,15,16)/b8-5-. The van der Waals surface area contributed by atoms with Crippen LogP contribution in [0.2, 0.25) is 0 Å². The van der Waals surface area contributed by atoms with Crippen LogP contribution in [0.15, 0.2) is 39.9 Å². The lowest BCUT2D eigenvalue weighted by atomic mass is 10.2. The molecule has 3 heterocycles. The molecule has 1 saturated heterocycles. The number of carbonyl (C=O) groups excluding carboxylic acids is 2. The Hall–Kier alpha value is -1.82. The van der Waals surface area contributed by atoms with Gasteiger partial charge in [0.1, 0.15) is 5.84 Å². The normalized spacial score (nSPS) is 24.9. The summed E-state index contributed by atoms with van der Waals surface area (Å²) in [7, 11) is 0. The fourth-order valence-corrected chi connectivity index (χ4v) is 2.49. The lowest BCUT2D eigenvalue weighted by molar-refractivity contribution is -0.115. The molecule has 17 heavy (non-hydrogen) atoms. The number of hydrogen-bond donors (Lipinski definition) is 1. The Kier molecular flexibility index (Phi) is 2.36. The maximum absolute atomic E-state index is 11.4. The molecule has 0 aliphatic carbocycles. The lowest BCUT2D eigenvalue weighted by Crippen LogP contribution is -2.22. The van der Waals surface area contributed by atoms with Gasteiger partial charge >= 0.3 is 0 Å². The molecule has 0 unspecified atom stereocenters. The van der Waals surface area contributed by atoms with Gasteiger partial charge in [0.25, 0.3) is 11.1 Å². The van der Waals surface area contributed by atoms with E-state index in [4.69, 9.17) is 0 Å². The highest BCUT2D eigenvalue weighted by Crippen LogP contribution is 2.26. The summed E-state index contributed by atoms with van der Waals surface area (Å²) in [5.74, 6) is 0.627. The largest absolute Gasteiger partial charge is 0.331 e. The van der Waals surface area contributed by atoms with Crippen molar-refractivity contribution in [2.45, 2.75) is 0 Å². The van der Waals surface area contributed by atoms with E-state index in [1.807, 2.05) is 23.3 Å². The Bertz CT molecular complexity index is 531. The zero-order chi connectivity index (χ0) is 11.8. The molecule has 0 aromatic heterocycles. The molecule has 1 fully saturated rings. The van der Waals surface area contributed by atoms with Crippen molar-refractivity contribution in [1.29, 1.82) is 0 Å². The number of amidine groups is 1. The summed E-state index contributed by atoms with van der Waals surface area (Å²) in [6, 6.07) is 0. The first kappa shape index (κ1) is 10.3. The summed E-state index contributed by atoms with van der Waals surface area (Å²) in [5, 5.41) is 1.92. The van der Waals surface area contributed by atoms with Gasteiger partial charge in [0.05, 0.1) is 11.4 Å². The summed E-state index contributed by atoms with van der Waals surface area (Å²) in [4.78, 5) is 29.2.